The Kier molecular flexibility index (Phi) is 5.21. The molecule has 0 atom stereocenters. The first kappa shape index (κ1) is 15.8. The standard InChI is InChI=1S/C17H25NSi/c1-17(2,3)19(4,5)14-12-16(11-13-18)15-9-7-6-8-10-15/h9,11H,6-8,10H2,1-5H3/b16-11+. The molecule has 0 fully saturated rings. The molecule has 1 aliphatic rings. The smallest absolute Gasteiger partial charge is 0.138 e. The highest BCUT2D eigenvalue weighted by atomic mass is 28.3. The molecule has 0 aromatic heterocycles. The Bertz CT molecular complexity index is 484. The first-order chi connectivity index (χ1) is 8.78. The van der Waals surface area contributed by atoms with Gasteiger partial charge in [0.25, 0.3) is 0 Å². The van der Waals surface area contributed by atoms with Crippen LogP contribution in [0, 0.1) is 22.8 Å². The van der Waals surface area contributed by atoms with Gasteiger partial charge in [0.15, 0.2) is 0 Å². The first-order valence-electron chi connectivity index (χ1n) is 7.10. The van der Waals surface area contributed by atoms with E-state index in [0.29, 0.717) is 0 Å². The Labute approximate surface area is 119 Å². The quantitative estimate of drug-likeness (QED) is 0.374. The van der Waals surface area contributed by atoms with Gasteiger partial charge in [-0.15, -0.1) is 5.54 Å². The average molecular weight is 271 g/mol. The van der Waals surface area contributed by atoms with Crippen molar-refractivity contribution in [3.8, 4) is 17.5 Å². The number of nitriles is 1. The number of hydrogen-bond acceptors (Lipinski definition) is 1. The van der Waals surface area contributed by atoms with E-state index in [-0.39, 0.29) is 5.04 Å². The molecule has 0 saturated heterocycles. The van der Waals surface area contributed by atoms with Gasteiger partial charge in [-0.2, -0.15) is 5.26 Å². The Morgan fingerprint density at radius 2 is 2.00 bits per heavy atom. The van der Waals surface area contributed by atoms with Gasteiger partial charge in [-0.3, -0.25) is 0 Å². The Morgan fingerprint density at radius 1 is 1.32 bits per heavy atom. The van der Waals surface area contributed by atoms with E-state index >= 15 is 0 Å². The normalized spacial score (nSPS) is 17.1. The molecule has 0 spiro atoms. The summed E-state index contributed by atoms with van der Waals surface area (Å²) >= 11 is 0. The molecule has 0 radical (unpaired) electrons. The summed E-state index contributed by atoms with van der Waals surface area (Å²) in [6, 6.07) is 2.15. The summed E-state index contributed by atoms with van der Waals surface area (Å²) in [6.45, 7) is 11.4. The van der Waals surface area contributed by atoms with Crippen molar-refractivity contribution < 1.29 is 0 Å². The van der Waals surface area contributed by atoms with Crippen molar-refractivity contribution in [2.75, 3.05) is 0 Å². The van der Waals surface area contributed by atoms with Crippen LogP contribution in [0.3, 0.4) is 0 Å². The van der Waals surface area contributed by atoms with E-state index in [4.69, 9.17) is 5.26 Å². The lowest BCUT2D eigenvalue weighted by molar-refractivity contribution is 0.709. The summed E-state index contributed by atoms with van der Waals surface area (Å²) in [4.78, 5) is 0. The molecule has 19 heavy (non-hydrogen) atoms. The van der Waals surface area contributed by atoms with Gasteiger partial charge in [0.2, 0.25) is 0 Å². The van der Waals surface area contributed by atoms with Crippen molar-refractivity contribution in [2.24, 2.45) is 0 Å². The number of hydrogen-bond donors (Lipinski definition) is 0. The zero-order valence-corrected chi connectivity index (χ0v) is 13.9. The second-order valence-electron chi connectivity index (χ2n) is 6.79. The molecule has 0 N–H and O–H groups in total. The first-order valence-corrected chi connectivity index (χ1v) is 10.1. The van der Waals surface area contributed by atoms with E-state index in [1.54, 1.807) is 6.08 Å². The largest absolute Gasteiger partial charge is 0.193 e. The van der Waals surface area contributed by atoms with Crippen LogP contribution in [0.2, 0.25) is 18.1 Å². The summed E-state index contributed by atoms with van der Waals surface area (Å²) in [5.41, 5.74) is 5.74. The second kappa shape index (κ2) is 6.26. The van der Waals surface area contributed by atoms with Gasteiger partial charge in [0.05, 0.1) is 6.07 Å². The van der Waals surface area contributed by atoms with E-state index in [2.05, 4.69) is 57.5 Å². The Hall–Kier alpha value is -1.25. The third-order valence-electron chi connectivity index (χ3n) is 4.23. The summed E-state index contributed by atoms with van der Waals surface area (Å²) < 4.78 is 0. The highest BCUT2D eigenvalue weighted by molar-refractivity contribution is 6.87. The van der Waals surface area contributed by atoms with Crippen LogP contribution in [-0.2, 0) is 0 Å². The van der Waals surface area contributed by atoms with Crippen molar-refractivity contribution in [2.45, 2.75) is 64.6 Å². The molecule has 1 rings (SSSR count). The fraction of sp³-hybridized carbons (Fsp3) is 0.588. The van der Waals surface area contributed by atoms with Crippen LogP contribution in [0.1, 0.15) is 46.5 Å². The minimum atomic E-state index is -1.60. The van der Waals surface area contributed by atoms with Gasteiger partial charge in [-0.25, -0.2) is 0 Å². The van der Waals surface area contributed by atoms with E-state index in [1.807, 2.05) is 0 Å². The molecule has 0 aromatic carbocycles. The van der Waals surface area contributed by atoms with Crippen molar-refractivity contribution in [1.29, 1.82) is 5.26 Å². The maximum Gasteiger partial charge on any atom is 0.138 e. The van der Waals surface area contributed by atoms with Crippen LogP contribution in [0.4, 0.5) is 0 Å². The zero-order valence-electron chi connectivity index (χ0n) is 12.9. The van der Waals surface area contributed by atoms with Gasteiger partial charge < -0.3 is 0 Å². The van der Waals surface area contributed by atoms with Gasteiger partial charge in [-0.05, 0) is 36.3 Å². The summed E-state index contributed by atoms with van der Waals surface area (Å²) in [7, 11) is -1.60. The van der Waals surface area contributed by atoms with Crippen LogP contribution in [0.25, 0.3) is 0 Å². The number of nitrogens with zero attached hydrogens (tertiary/aromatic N) is 1. The monoisotopic (exact) mass is 271 g/mol. The molecule has 2 heteroatoms. The van der Waals surface area contributed by atoms with Crippen LogP contribution >= 0.6 is 0 Å². The minimum absolute atomic E-state index is 0.263. The Morgan fingerprint density at radius 3 is 2.47 bits per heavy atom. The lowest BCUT2D eigenvalue weighted by atomic mass is 9.94. The molecule has 1 nitrogen and oxygen atoms in total. The van der Waals surface area contributed by atoms with Crippen molar-refractivity contribution in [3.63, 3.8) is 0 Å². The highest BCUT2D eigenvalue weighted by Gasteiger charge is 2.33. The molecular weight excluding hydrogens is 246 g/mol. The maximum atomic E-state index is 8.95. The summed E-state index contributed by atoms with van der Waals surface area (Å²) in [5.74, 6) is 3.32. The minimum Gasteiger partial charge on any atom is -0.193 e. The zero-order chi connectivity index (χ0) is 14.5. The average Bonchev–Trinajstić information content (AvgIpc) is 2.34. The van der Waals surface area contributed by atoms with Crippen LogP contribution < -0.4 is 0 Å². The van der Waals surface area contributed by atoms with Gasteiger partial charge in [0.1, 0.15) is 8.07 Å². The SMILES string of the molecule is CC(C)(C)[Si](C)(C)C#C/C(=C\C#N)C1=CCCCC1. The highest BCUT2D eigenvalue weighted by Crippen LogP contribution is 2.35. The van der Waals surface area contributed by atoms with Gasteiger partial charge in [0, 0.05) is 11.6 Å². The molecule has 0 aliphatic heterocycles. The predicted molar refractivity (Wildman–Crippen MR) is 85.2 cm³/mol. The molecule has 1 aliphatic carbocycles. The Balaban J connectivity index is 3.03. The molecule has 0 heterocycles. The number of allylic oxidation sites excluding steroid dienone is 4. The third-order valence-corrected chi connectivity index (χ3v) is 8.73. The molecular formula is C17H25NSi. The van der Waals surface area contributed by atoms with Crippen molar-refractivity contribution >= 4 is 8.07 Å². The third kappa shape index (κ3) is 4.41. The molecule has 0 amide bonds. The number of rotatable bonds is 1. The molecule has 0 saturated carbocycles. The summed E-state index contributed by atoms with van der Waals surface area (Å²) in [5, 5.41) is 9.21. The van der Waals surface area contributed by atoms with Crippen molar-refractivity contribution in [3.05, 3.63) is 23.3 Å². The van der Waals surface area contributed by atoms with E-state index in [0.717, 1.165) is 18.4 Å². The fourth-order valence-corrected chi connectivity index (χ4v) is 2.59. The van der Waals surface area contributed by atoms with Crippen LogP contribution in [-0.4, -0.2) is 8.07 Å². The van der Waals surface area contributed by atoms with E-state index in [9.17, 15) is 0 Å². The second-order valence-corrected chi connectivity index (χ2v) is 11.8. The molecule has 0 unspecified atom stereocenters. The van der Waals surface area contributed by atoms with Crippen molar-refractivity contribution in [1.82, 2.24) is 0 Å². The maximum absolute atomic E-state index is 8.95. The summed E-state index contributed by atoms with van der Waals surface area (Å²) in [6.07, 6.45) is 8.55. The van der Waals surface area contributed by atoms with Gasteiger partial charge >= 0.3 is 0 Å². The van der Waals surface area contributed by atoms with E-state index in [1.165, 1.54) is 18.4 Å². The van der Waals surface area contributed by atoms with Gasteiger partial charge in [-0.1, -0.05) is 45.9 Å². The topological polar surface area (TPSA) is 23.8 Å². The fourth-order valence-electron chi connectivity index (χ4n) is 1.77. The lowest BCUT2D eigenvalue weighted by Gasteiger charge is -2.31. The molecule has 0 aromatic rings. The van der Waals surface area contributed by atoms with E-state index < -0.39 is 8.07 Å². The van der Waals surface area contributed by atoms with Crippen LogP contribution in [0.5, 0.6) is 0 Å². The predicted octanol–water partition coefficient (Wildman–Crippen LogP) is 4.99. The molecule has 0 bridgehead atoms. The van der Waals surface area contributed by atoms with Crippen LogP contribution in [0.15, 0.2) is 23.3 Å². The lowest BCUT2D eigenvalue weighted by Crippen LogP contribution is -2.35. The molecule has 102 valence electrons.